The Hall–Kier alpha value is 0.300. The second kappa shape index (κ2) is 3.81. The first kappa shape index (κ1) is 9.84. The van der Waals surface area contributed by atoms with Gasteiger partial charge < -0.3 is 0 Å². The van der Waals surface area contributed by atoms with E-state index >= 15 is 0 Å². The zero-order chi connectivity index (χ0) is 9.42. The van der Waals surface area contributed by atoms with Gasteiger partial charge in [0.1, 0.15) is 0 Å². The molecule has 0 amide bonds. The number of hydrogen-bond donors (Lipinski definition) is 0. The highest BCUT2D eigenvalue weighted by atomic mass is 79.9. The van der Waals surface area contributed by atoms with E-state index in [4.69, 9.17) is 11.6 Å². The lowest BCUT2D eigenvalue weighted by atomic mass is 10.3. The highest BCUT2D eigenvalue weighted by Crippen LogP contribution is 2.42. The van der Waals surface area contributed by atoms with Crippen LogP contribution in [0.4, 0.5) is 0 Å². The van der Waals surface area contributed by atoms with Crippen molar-refractivity contribution in [1.82, 2.24) is 0 Å². The molecule has 13 heavy (non-hydrogen) atoms. The van der Waals surface area contributed by atoms with Gasteiger partial charge in [-0.25, -0.2) is 0 Å². The summed E-state index contributed by atoms with van der Waals surface area (Å²) in [6.07, 6.45) is 2.08. The largest absolute Gasteiger partial charge is 0.128 e. The molecule has 0 aliphatic carbocycles. The molecule has 0 saturated heterocycles. The fourth-order valence-corrected chi connectivity index (χ4v) is 3.94. The summed E-state index contributed by atoms with van der Waals surface area (Å²) < 4.78 is 2.29. The van der Waals surface area contributed by atoms with Crippen molar-refractivity contribution in [1.29, 1.82) is 0 Å². The third kappa shape index (κ3) is 1.63. The Morgan fingerprint density at radius 1 is 1.46 bits per heavy atom. The molecule has 0 fully saturated rings. The molecule has 68 valence electrons. The van der Waals surface area contributed by atoms with Crippen molar-refractivity contribution in [2.75, 3.05) is 6.26 Å². The van der Waals surface area contributed by atoms with Crippen molar-refractivity contribution >= 4 is 60.7 Å². The van der Waals surface area contributed by atoms with Crippen LogP contribution in [0.15, 0.2) is 26.9 Å². The lowest BCUT2D eigenvalue weighted by molar-refractivity contribution is 1.60. The molecule has 2 rings (SSSR count). The summed E-state index contributed by atoms with van der Waals surface area (Å²) in [4.78, 5) is 1.29. The number of thioether (sulfide) groups is 1. The van der Waals surface area contributed by atoms with Gasteiger partial charge in [-0.15, -0.1) is 23.1 Å². The smallest absolute Gasteiger partial charge is 0.0897 e. The summed E-state index contributed by atoms with van der Waals surface area (Å²) in [5.41, 5.74) is 0. The Labute approximate surface area is 98.4 Å². The molecule has 0 saturated carbocycles. The topological polar surface area (TPSA) is 0 Å². The van der Waals surface area contributed by atoms with Gasteiger partial charge in [-0.1, -0.05) is 23.7 Å². The maximum atomic E-state index is 6.12. The Morgan fingerprint density at radius 3 is 2.92 bits per heavy atom. The predicted octanol–water partition coefficient (Wildman–Crippen LogP) is 5.04. The summed E-state index contributed by atoms with van der Waals surface area (Å²) in [5.74, 6) is 0. The minimum Gasteiger partial charge on any atom is -0.128 e. The maximum absolute atomic E-state index is 6.12. The monoisotopic (exact) mass is 292 g/mol. The van der Waals surface area contributed by atoms with Crippen LogP contribution in [0.2, 0.25) is 5.02 Å². The molecule has 0 nitrogen and oxygen atoms in total. The van der Waals surface area contributed by atoms with E-state index < -0.39 is 0 Å². The van der Waals surface area contributed by atoms with Crippen molar-refractivity contribution in [3.63, 3.8) is 0 Å². The molecule has 0 radical (unpaired) electrons. The van der Waals surface area contributed by atoms with Crippen molar-refractivity contribution in [2.45, 2.75) is 4.90 Å². The molecule has 2 aromatic rings. The van der Waals surface area contributed by atoms with E-state index in [0.717, 1.165) is 14.2 Å². The van der Waals surface area contributed by atoms with Gasteiger partial charge in [-0.3, -0.25) is 0 Å². The van der Waals surface area contributed by atoms with Crippen molar-refractivity contribution < 1.29 is 0 Å². The fraction of sp³-hybridized carbons (Fsp3) is 0.111. The lowest BCUT2D eigenvalue weighted by Gasteiger charge is -1.96. The molecule has 0 bridgehead atoms. The quantitative estimate of drug-likeness (QED) is 0.664. The van der Waals surface area contributed by atoms with Crippen LogP contribution in [0, 0.1) is 0 Å². The maximum Gasteiger partial charge on any atom is 0.0897 e. The van der Waals surface area contributed by atoms with Crippen LogP contribution >= 0.6 is 50.6 Å². The van der Waals surface area contributed by atoms with Crippen LogP contribution in [0.5, 0.6) is 0 Å². The zero-order valence-electron chi connectivity index (χ0n) is 6.80. The lowest BCUT2D eigenvalue weighted by Crippen LogP contribution is -1.69. The molecule has 1 aromatic heterocycles. The summed E-state index contributed by atoms with van der Waals surface area (Å²) in [7, 11) is 0. The molecule has 0 N–H and O–H groups in total. The van der Waals surface area contributed by atoms with Crippen molar-refractivity contribution in [3.8, 4) is 0 Å². The molecule has 0 aliphatic heterocycles. The van der Waals surface area contributed by atoms with E-state index in [2.05, 4.69) is 34.3 Å². The average Bonchev–Trinajstić information content (AvgIpc) is 2.43. The molecular formula is C9H6BrClS2. The van der Waals surface area contributed by atoms with E-state index in [-0.39, 0.29) is 0 Å². The summed E-state index contributed by atoms with van der Waals surface area (Å²) >= 11 is 13.0. The van der Waals surface area contributed by atoms with Gasteiger partial charge in [-0.2, -0.15) is 0 Å². The molecule has 1 aromatic carbocycles. The van der Waals surface area contributed by atoms with E-state index in [0.29, 0.717) is 0 Å². The first-order valence-electron chi connectivity index (χ1n) is 3.64. The zero-order valence-corrected chi connectivity index (χ0v) is 10.8. The SMILES string of the molecule is CSc1cccc2c(Cl)c(Br)sc12. The molecule has 0 aliphatic rings. The predicted molar refractivity (Wildman–Crippen MR) is 66.3 cm³/mol. The van der Waals surface area contributed by atoms with Gasteiger partial charge >= 0.3 is 0 Å². The Kier molecular flexibility index (Phi) is 2.88. The first-order chi connectivity index (χ1) is 6.24. The molecule has 0 atom stereocenters. The molecular weight excluding hydrogens is 288 g/mol. The molecule has 4 heteroatoms. The second-order valence-electron chi connectivity index (χ2n) is 2.53. The van der Waals surface area contributed by atoms with Crippen LogP contribution in [0.1, 0.15) is 0 Å². The van der Waals surface area contributed by atoms with E-state index in [1.54, 1.807) is 23.1 Å². The van der Waals surface area contributed by atoms with Crippen molar-refractivity contribution in [3.05, 3.63) is 27.0 Å². The second-order valence-corrected chi connectivity index (χ2v) is 6.09. The summed E-state index contributed by atoms with van der Waals surface area (Å²) in [6.45, 7) is 0. The van der Waals surface area contributed by atoms with Crippen LogP contribution < -0.4 is 0 Å². The third-order valence-electron chi connectivity index (χ3n) is 1.80. The van der Waals surface area contributed by atoms with Gasteiger partial charge in [0.25, 0.3) is 0 Å². The van der Waals surface area contributed by atoms with Gasteiger partial charge in [0.15, 0.2) is 0 Å². The number of rotatable bonds is 1. The van der Waals surface area contributed by atoms with Crippen LogP contribution in [0.25, 0.3) is 10.1 Å². The normalized spacial score (nSPS) is 11.0. The van der Waals surface area contributed by atoms with Crippen LogP contribution in [0.3, 0.4) is 0 Å². The average molecular weight is 294 g/mol. The first-order valence-corrected chi connectivity index (χ1v) is 6.85. The van der Waals surface area contributed by atoms with E-state index in [9.17, 15) is 0 Å². The van der Waals surface area contributed by atoms with Crippen LogP contribution in [-0.4, -0.2) is 6.26 Å². The molecule has 0 spiro atoms. The van der Waals surface area contributed by atoms with Gasteiger partial charge in [0.05, 0.1) is 13.5 Å². The van der Waals surface area contributed by atoms with E-state index in [1.807, 2.05) is 6.07 Å². The van der Waals surface area contributed by atoms with Crippen LogP contribution in [-0.2, 0) is 0 Å². The number of thiophene rings is 1. The highest BCUT2D eigenvalue weighted by Gasteiger charge is 2.09. The number of halogens is 2. The van der Waals surface area contributed by atoms with Crippen molar-refractivity contribution in [2.24, 2.45) is 0 Å². The standard InChI is InChI=1S/C9H6BrClS2/c1-12-6-4-2-3-5-7(11)9(10)13-8(5)6/h2-4H,1H3. The Bertz CT molecular complexity index is 450. The summed E-state index contributed by atoms with van der Waals surface area (Å²) in [5, 5.41) is 1.97. The highest BCUT2D eigenvalue weighted by molar-refractivity contribution is 9.11. The van der Waals surface area contributed by atoms with E-state index in [1.165, 1.54) is 9.60 Å². The number of hydrogen-bond acceptors (Lipinski definition) is 2. The number of benzene rings is 1. The fourth-order valence-electron chi connectivity index (χ4n) is 1.19. The minimum absolute atomic E-state index is 0.830. The van der Waals surface area contributed by atoms with Gasteiger partial charge in [0, 0.05) is 10.3 Å². The minimum atomic E-state index is 0.830. The Morgan fingerprint density at radius 2 is 2.23 bits per heavy atom. The Balaban J connectivity index is 2.84. The van der Waals surface area contributed by atoms with Gasteiger partial charge in [0.2, 0.25) is 0 Å². The molecule has 0 unspecified atom stereocenters. The molecule has 1 heterocycles. The third-order valence-corrected chi connectivity index (χ3v) is 5.35. The summed E-state index contributed by atoms with van der Waals surface area (Å²) in [6, 6.07) is 6.21. The number of fused-ring (bicyclic) bond motifs is 1. The van der Waals surface area contributed by atoms with Gasteiger partial charge in [-0.05, 0) is 28.3 Å².